The number of amides is 2. The van der Waals surface area contributed by atoms with Gasteiger partial charge in [-0.25, -0.2) is 0 Å². The van der Waals surface area contributed by atoms with Crippen molar-refractivity contribution in [2.24, 2.45) is 11.5 Å². The van der Waals surface area contributed by atoms with Crippen molar-refractivity contribution in [1.29, 1.82) is 0 Å². The van der Waals surface area contributed by atoms with Crippen LogP contribution in [0.1, 0.15) is 18.9 Å². The van der Waals surface area contributed by atoms with Crippen LogP contribution in [0.5, 0.6) is 0 Å². The third-order valence-electron chi connectivity index (χ3n) is 3.35. The van der Waals surface area contributed by atoms with Crippen LogP contribution >= 0.6 is 0 Å². The number of rotatable bonds is 6. The molecule has 0 aliphatic heterocycles. The van der Waals surface area contributed by atoms with Crippen LogP contribution in [0.4, 0.5) is 0 Å². The molecule has 21 heavy (non-hydrogen) atoms. The highest BCUT2D eigenvalue weighted by molar-refractivity contribution is 5.86. The lowest BCUT2D eigenvalue weighted by Crippen LogP contribution is -2.46. The van der Waals surface area contributed by atoms with Gasteiger partial charge in [-0.2, -0.15) is 0 Å². The van der Waals surface area contributed by atoms with Gasteiger partial charge in [0.15, 0.2) is 0 Å². The molecule has 2 aromatic rings. The molecule has 2 rings (SSSR count). The Morgan fingerprint density at radius 1 is 1.33 bits per heavy atom. The van der Waals surface area contributed by atoms with Gasteiger partial charge in [0.05, 0.1) is 6.04 Å². The Kier molecular flexibility index (Phi) is 4.59. The van der Waals surface area contributed by atoms with Gasteiger partial charge in [0.2, 0.25) is 11.8 Å². The van der Waals surface area contributed by atoms with Crippen molar-refractivity contribution in [1.82, 2.24) is 10.3 Å². The summed E-state index contributed by atoms with van der Waals surface area (Å²) in [4.78, 5) is 25.9. The van der Waals surface area contributed by atoms with Crippen LogP contribution in [-0.2, 0) is 16.0 Å². The second-order valence-corrected chi connectivity index (χ2v) is 5.25. The Hall–Kier alpha value is -2.34. The summed E-state index contributed by atoms with van der Waals surface area (Å²) in [6.07, 6.45) is 2.40. The van der Waals surface area contributed by atoms with Crippen LogP contribution in [0.3, 0.4) is 0 Å². The summed E-state index contributed by atoms with van der Waals surface area (Å²) in [6.45, 7) is 1.72. The molecule has 1 aromatic heterocycles. The zero-order valence-electron chi connectivity index (χ0n) is 11.9. The number of aromatic amines is 1. The second-order valence-electron chi connectivity index (χ2n) is 5.25. The second kappa shape index (κ2) is 6.41. The van der Waals surface area contributed by atoms with E-state index < -0.39 is 11.9 Å². The summed E-state index contributed by atoms with van der Waals surface area (Å²) in [5.41, 5.74) is 13.0. The highest BCUT2D eigenvalue weighted by Crippen LogP contribution is 2.18. The predicted octanol–water partition coefficient (Wildman–Crippen LogP) is 0.418. The van der Waals surface area contributed by atoms with E-state index >= 15 is 0 Å². The Morgan fingerprint density at radius 2 is 2.05 bits per heavy atom. The minimum atomic E-state index is -0.667. The van der Waals surface area contributed by atoms with Crippen LogP contribution in [0.2, 0.25) is 0 Å². The molecular weight excluding hydrogens is 268 g/mol. The van der Waals surface area contributed by atoms with E-state index in [2.05, 4.69) is 10.3 Å². The summed E-state index contributed by atoms with van der Waals surface area (Å²) in [6, 6.07) is 6.87. The minimum absolute atomic E-state index is 0.103. The van der Waals surface area contributed by atoms with Gasteiger partial charge in [-0.3, -0.25) is 9.59 Å². The molecule has 6 nitrogen and oxygen atoms in total. The Labute approximate surface area is 122 Å². The molecule has 6 N–H and O–H groups in total. The lowest BCUT2D eigenvalue weighted by atomic mass is 10.0. The normalized spacial score (nSPS) is 13.8. The standard InChI is InChI=1S/C15H20N4O2/c1-9(6-14(17)20)19-15(21)12(16)7-10-8-18-13-5-3-2-4-11(10)13/h2-5,8-9,12,18H,6-7,16H2,1H3,(H2,17,20)(H,19,21)/t9?,12-/m0/s1. The van der Waals surface area contributed by atoms with E-state index in [1.54, 1.807) is 6.92 Å². The molecule has 1 unspecified atom stereocenters. The molecule has 2 amide bonds. The number of hydrogen-bond acceptors (Lipinski definition) is 3. The fourth-order valence-corrected chi connectivity index (χ4v) is 2.33. The number of aromatic nitrogens is 1. The van der Waals surface area contributed by atoms with Crippen LogP contribution in [-0.4, -0.2) is 28.9 Å². The highest BCUT2D eigenvalue weighted by Gasteiger charge is 2.18. The van der Waals surface area contributed by atoms with Crippen LogP contribution in [0, 0.1) is 0 Å². The maximum Gasteiger partial charge on any atom is 0.237 e. The van der Waals surface area contributed by atoms with Gasteiger partial charge >= 0.3 is 0 Å². The molecule has 0 radical (unpaired) electrons. The fourth-order valence-electron chi connectivity index (χ4n) is 2.33. The third kappa shape index (κ3) is 3.82. The maximum absolute atomic E-state index is 12.0. The Bertz CT molecular complexity index is 650. The molecular formula is C15H20N4O2. The first-order valence-corrected chi connectivity index (χ1v) is 6.86. The van der Waals surface area contributed by atoms with Crippen LogP contribution < -0.4 is 16.8 Å². The van der Waals surface area contributed by atoms with Crippen LogP contribution in [0.15, 0.2) is 30.5 Å². The van der Waals surface area contributed by atoms with E-state index in [-0.39, 0.29) is 18.4 Å². The first kappa shape index (κ1) is 15.1. The minimum Gasteiger partial charge on any atom is -0.370 e. The summed E-state index contributed by atoms with van der Waals surface area (Å²) in [5, 5.41) is 3.76. The van der Waals surface area contributed by atoms with E-state index in [1.807, 2.05) is 30.5 Å². The molecule has 0 fully saturated rings. The molecule has 0 bridgehead atoms. The van der Waals surface area contributed by atoms with Gasteiger partial charge in [-0.15, -0.1) is 0 Å². The van der Waals surface area contributed by atoms with Crippen molar-refractivity contribution in [2.45, 2.75) is 31.8 Å². The number of hydrogen-bond donors (Lipinski definition) is 4. The summed E-state index contributed by atoms with van der Waals surface area (Å²) in [5.74, 6) is -0.734. The first-order chi connectivity index (χ1) is 9.97. The molecule has 0 aliphatic rings. The molecule has 0 saturated heterocycles. The fraction of sp³-hybridized carbons (Fsp3) is 0.333. The quantitative estimate of drug-likeness (QED) is 0.617. The molecule has 0 aliphatic carbocycles. The van der Waals surface area contributed by atoms with Crippen molar-refractivity contribution in [3.63, 3.8) is 0 Å². The molecule has 112 valence electrons. The lowest BCUT2D eigenvalue weighted by molar-refractivity contribution is -0.123. The maximum atomic E-state index is 12.0. The zero-order valence-corrected chi connectivity index (χ0v) is 11.9. The summed E-state index contributed by atoms with van der Waals surface area (Å²) in [7, 11) is 0. The van der Waals surface area contributed by atoms with E-state index in [9.17, 15) is 9.59 Å². The number of H-pyrrole nitrogens is 1. The van der Waals surface area contributed by atoms with Gasteiger partial charge in [-0.05, 0) is 25.0 Å². The summed E-state index contributed by atoms with van der Waals surface area (Å²) >= 11 is 0. The summed E-state index contributed by atoms with van der Waals surface area (Å²) < 4.78 is 0. The van der Waals surface area contributed by atoms with Crippen molar-refractivity contribution in [2.75, 3.05) is 0 Å². The predicted molar refractivity (Wildman–Crippen MR) is 81.4 cm³/mol. The van der Waals surface area contributed by atoms with Crippen molar-refractivity contribution in [3.8, 4) is 0 Å². The smallest absolute Gasteiger partial charge is 0.237 e. The van der Waals surface area contributed by atoms with E-state index in [0.29, 0.717) is 6.42 Å². The number of benzene rings is 1. The largest absolute Gasteiger partial charge is 0.370 e. The van der Waals surface area contributed by atoms with Gasteiger partial charge < -0.3 is 21.8 Å². The van der Waals surface area contributed by atoms with Gasteiger partial charge in [0.1, 0.15) is 0 Å². The average Bonchev–Trinajstić information content (AvgIpc) is 2.81. The number of carbonyl (C=O) groups is 2. The SMILES string of the molecule is CC(CC(N)=O)NC(=O)[C@@H](N)Cc1c[nH]c2ccccc12. The van der Waals surface area contributed by atoms with Crippen molar-refractivity contribution < 1.29 is 9.59 Å². The number of carbonyl (C=O) groups excluding carboxylic acids is 2. The number of para-hydroxylation sites is 1. The average molecular weight is 288 g/mol. The van der Waals surface area contributed by atoms with E-state index in [1.165, 1.54) is 0 Å². The van der Waals surface area contributed by atoms with E-state index in [0.717, 1.165) is 16.5 Å². The van der Waals surface area contributed by atoms with Gasteiger partial charge in [0.25, 0.3) is 0 Å². The number of nitrogens with one attached hydrogen (secondary N) is 2. The monoisotopic (exact) mass is 288 g/mol. The third-order valence-corrected chi connectivity index (χ3v) is 3.35. The number of primary amides is 1. The number of fused-ring (bicyclic) bond motifs is 1. The number of nitrogens with two attached hydrogens (primary N) is 2. The van der Waals surface area contributed by atoms with E-state index in [4.69, 9.17) is 11.5 Å². The topological polar surface area (TPSA) is 114 Å². The molecule has 1 heterocycles. The molecule has 2 atom stereocenters. The lowest BCUT2D eigenvalue weighted by Gasteiger charge is -2.16. The van der Waals surface area contributed by atoms with Crippen molar-refractivity contribution >= 4 is 22.7 Å². The molecule has 0 spiro atoms. The Morgan fingerprint density at radius 3 is 2.76 bits per heavy atom. The Balaban J connectivity index is 1.99. The molecule has 6 heteroatoms. The highest BCUT2D eigenvalue weighted by atomic mass is 16.2. The van der Waals surface area contributed by atoms with Gasteiger partial charge in [-0.1, -0.05) is 18.2 Å². The first-order valence-electron chi connectivity index (χ1n) is 6.86. The zero-order chi connectivity index (χ0) is 15.4. The van der Waals surface area contributed by atoms with Gasteiger partial charge in [0, 0.05) is 29.6 Å². The molecule has 0 saturated carbocycles. The van der Waals surface area contributed by atoms with Crippen LogP contribution in [0.25, 0.3) is 10.9 Å². The molecule has 1 aromatic carbocycles. The van der Waals surface area contributed by atoms with Crippen molar-refractivity contribution in [3.05, 3.63) is 36.0 Å².